The number of halogens is 3. The van der Waals surface area contributed by atoms with Gasteiger partial charge in [-0.1, -0.05) is 51.3 Å². The maximum absolute atomic E-state index is 11.7. The first-order valence-corrected chi connectivity index (χ1v) is 8.91. The second-order valence-corrected chi connectivity index (χ2v) is 6.74. The minimum Gasteiger partial charge on any atom is -0.482 e. The highest BCUT2D eigenvalue weighted by Crippen LogP contribution is 2.27. The molecular weight excluding hydrogens is 445 g/mol. The largest absolute Gasteiger partial charge is 0.482 e. The first-order chi connectivity index (χ1) is 12.4. The molecule has 0 bridgehead atoms. The maximum atomic E-state index is 11.7. The van der Waals surface area contributed by atoms with Gasteiger partial charge < -0.3 is 10.1 Å². The van der Waals surface area contributed by atoms with E-state index >= 15 is 0 Å². The molecule has 0 fully saturated rings. The summed E-state index contributed by atoms with van der Waals surface area (Å²) < 4.78 is 6.21. The topological polar surface area (TPSA) is 79.8 Å². The number of carbonyl (C=O) groups is 2. The lowest BCUT2D eigenvalue weighted by molar-refractivity contribution is -0.127. The fraction of sp³-hybridized carbons (Fsp3) is 0.118. The Hall–Kier alpha value is -2.09. The Labute approximate surface area is 168 Å². The van der Waals surface area contributed by atoms with Crippen LogP contribution in [0.4, 0.5) is 0 Å². The number of hydrogen-bond acceptors (Lipinski definition) is 4. The van der Waals surface area contributed by atoms with Gasteiger partial charge in [0.15, 0.2) is 6.61 Å². The third-order valence-corrected chi connectivity index (χ3v) is 4.03. The van der Waals surface area contributed by atoms with E-state index in [1.54, 1.807) is 12.1 Å². The predicted molar refractivity (Wildman–Crippen MR) is 105 cm³/mol. The second-order valence-electron chi connectivity index (χ2n) is 4.98. The molecule has 2 N–H and O–H groups in total. The Morgan fingerprint density at radius 1 is 1.12 bits per heavy atom. The fourth-order valence-electron chi connectivity index (χ4n) is 1.73. The number of benzene rings is 2. The summed E-state index contributed by atoms with van der Waals surface area (Å²) in [4.78, 5) is 23.3. The first kappa shape index (κ1) is 20.2. The molecule has 2 amide bonds. The lowest BCUT2D eigenvalue weighted by Crippen LogP contribution is -2.37. The Balaban J connectivity index is 1.69. The number of amides is 2. The summed E-state index contributed by atoms with van der Waals surface area (Å²) in [5.41, 5.74) is 3.14. The van der Waals surface area contributed by atoms with Gasteiger partial charge in [0.2, 0.25) is 0 Å². The lowest BCUT2D eigenvalue weighted by Gasteiger charge is -2.08. The molecule has 6 nitrogen and oxygen atoms in total. The van der Waals surface area contributed by atoms with Crippen LogP contribution in [0.3, 0.4) is 0 Å². The number of ether oxygens (including phenoxy) is 1. The summed E-state index contributed by atoms with van der Waals surface area (Å²) in [7, 11) is 0. The van der Waals surface area contributed by atoms with Gasteiger partial charge in [0.25, 0.3) is 11.8 Å². The van der Waals surface area contributed by atoms with Crippen molar-refractivity contribution in [3.8, 4) is 5.75 Å². The molecule has 2 aromatic rings. The van der Waals surface area contributed by atoms with Crippen LogP contribution in [0.5, 0.6) is 5.75 Å². The number of carbonyl (C=O) groups excluding carboxylic acids is 2. The van der Waals surface area contributed by atoms with E-state index in [1.807, 2.05) is 24.3 Å². The van der Waals surface area contributed by atoms with Gasteiger partial charge in [0, 0.05) is 9.50 Å². The zero-order valence-corrected chi connectivity index (χ0v) is 16.4. The Bertz CT molecular complexity index is 813. The number of nitrogens with zero attached hydrogens (tertiary/aromatic N) is 1. The molecular formula is C17H14BrCl2N3O3. The van der Waals surface area contributed by atoms with Crippen molar-refractivity contribution in [2.24, 2.45) is 5.10 Å². The van der Waals surface area contributed by atoms with Crippen molar-refractivity contribution in [3.05, 3.63) is 62.5 Å². The van der Waals surface area contributed by atoms with Crippen LogP contribution in [-0.2, 0) is 9.59 Å². The van der Waals surface area contributed by atoms with E-state index < -0.39 is 11.8 Å². The van der Waals surface area contributed by atoms with Crippen molar-refractivity contribution >= 4 is 57.2 Å². The minimum atomic E-state index is -0.469. The standard InChI is InChI=1S/C17H14BrCl2N3O3/c18-12-3-1-11(2-4-12)8-22-23-16(24)9-21-17(25)10-26-15-6-5-13(19)7-14(15)20/h1-8H,9-10H2,(H,21,25)(H,23,24). The van der Waals surface area contributed by atoms with E-state index in [-0.39, 0.29) is 13.2 Å². The molecule has 2 aromatic carbocycles. The van der Waals surface area contributed by atoms with Crippen molar-refractivity contribution in [2.75, 3.05) is 13.2 Å². The SMILES string of the molecule is O=C(COc1ccc(Cl)cc1Cl)NCC(=O)NN=Cc1ccc(Br)cc1. The molecule has 2 rings (SSSR count). The summed E-state index contributed by atoms with van der Waals surface area (Å²) in [5, 5.41) is 6.99. The lowest BCUT2D eigenvalue weighted by atomic mass is 10.2. The van der Waals surface area contributed by atoms with Crippen molar-refractivity contribution in [2.45, 2.75) is 0 Å². The Morgan fingerprint density at radius 2 is 1.85 bits per heavy atom. The van der Waals surface area contributed by atoms with E-state index in [1.165, 1.54) is 12.3 Å². The molecule has 26 heavy (non-hydrogen) atoms. The van der Waals surface area contributed by atoms with E-state index in [2.05, 4.69) is 31.8 Å². The Kier molecular flexibility index (Phi) is 7.90. The molecule has 0 spiro atoms. The quantitative estimate of drug-likeness (QED) is 0.492. The fourth-order valence-corrected chi connectivity index (χ4v) is 2.46. The molecule has 0 aliphatic carbocycles. The molecule has 0 atom stereocenters. The molecule has 0 saturated carbocycles. The van der Waals surface area contributed by atoms with Crippen molar-refractivity contribution in [1.82, 2.24) is 10.7 Å². The molecule has 0 saturated heterocycles. The average molecular weight is 459 g/mol. The van der Waals surface area contributed by atoms with E-state index in [0.717, 1.165) is 10.0 Å². The van der Waals surface area contributed by atoms with Crippen LogP contribution in [0, 0.1) is 0 Å². The van der Waals surface area contributed by atoms with Crippen LogP contribution in [0.15, 0.2) is 52.0 Å². The van der Waals surface area contributed by atoms with Crippen LogP contribution in [0.25, 0.3) is 0 Å². The third kappa shape index (κ3) is 7.03. The molecule has 9 heteroatoms. The predicted octanol–water partition coefficient (Wildman–Crippen LogP) is 3.40. The molecule has 136 valence electrons. The van der Waals surface area contributed by atoms with E-state index in [4.69, 9.17) is 27.9 Å². The summed E-state index contributed by atoms with van der Waals surface area (Å²) in [6, 6.07) is 12.0. The molecule has 0 aromatic heterocycles. The average Bonchev–Trinajstić information content (AvgIpc) is 2.61. The highest BCUT2D eigenvalue weighted by molar-refractivity contribution is 9.10. The normalized spacial score (nSPS) is 10.6. The summed E-state index contributed by atoms with van der Waals surface area (Å²) in [6.07, 6.45) is 1.50. The highest BCUT2D eigenvalue weighted by Gasteiger charge is 2.08. The van der Waals surface area contributed by atoms with Gasteiger partial charge in [0.1, 0.15) is 5.75 Å². The smallest absolute Gasteiger partial charge is 0.259 e. The van der Waals surface area contributed by atoms with Gasteiger partial charge >= 0.3 is 0 Å². The molecule has 0 unspecified atom stereocenters. The van der Waals surface area contributed by atoms with Gasteiger partial charge in [0.05, 0.1) is 17.8 Å². The van der Waals surface area contributed by atoms with Gasteiger partial charge in [-0.3, -0.25) is 9.59 Å². The van der Waals surface area contributed by atoms with Crippen molar-refractivity contribution in [3.63, 3.8) is 0 Å². The third-order valence-electron chi connectivity index (χ3n) is 2.97. The van der Waals surface area contributed by atoms with Crippen LogP contribution in [0.1, 0.15) is 5.56 Å². The van der Waals surface area contributed by atoms with Crippen LogP contribution < -0.4 is 15.5 Å². The summed E-state index contributed by atoms with van der Waals surface area (Å²) in [5.74, 6) is -0.603. The number of hydrogen-bond donors (Lipinski definition) is 2. The highest BCUT2D eigenvalue weighted by atomic mass is 79.9. The van der Waals surface area contributed by atoms with E-state index in [0.29, 0.717) is 15.8 Å². The number of rotatable bonds is 7. The Morgan fingerprint density at radius 3 is 2.54 bits per heavy atom. The first-order valence-electron chi connectivity index (χ1n) is 7.36. The van der Waals surface area contributed by atoms with Crippen LogP contribution in [0.2, 0.25) is 10.0 Å². The van der Waals surface area contributed by atoms with E-state index in [9.17, 15) is 9.59 Å². The van der Waals surface area contributed by atoms with Crippen LogP contribution in [-0.4, -0.2) is 31.2 Å². The van der Waals surface area contributed by atoms with Gasteiger partial charge in [-0.2, -0.15) is 5.10 Å². The second kappa shape index (κ2) is 10.2. The van der Waals surface area contributed by atoms with Gasteiger partial charge in [-0.05, 0) is 35.9 Å². The summed E-state index contributed by atoms with van der Waals surface area (Å²) >= 11 is 15.0. The number of nitrogens with one attached hydrogen (secondary N) is 2. The van der Waals surface area contributed by atoms with Crippen LogP contribution >= 0.6 is 39.1 Å². The summed E-state index contributed by atoms with van der Waals surface area (Å²) in [6.45, 7) is -0.509. The maximum Gasteiger partial charge on any atom is 0.259 e. The minimum absolute atomic E-state index is 0.228. The molecule has 0 aliphatic heterocycles. The molecule has 0 aliphatic rings. The van der Waals surface area contributed by atoms with Gasteiger partial charge in [-0.15, -0.1) is 0 Å². The zero-order chi connectivity index (χ0) is 18.9. The number of hydrazone groups is 1. The zero-order valence-electron chi connectivity index (χ0n) is 13.3. The van der Waals surface area contributed by atoms with Crippen molar-refractivity contribution < 1.29 is 14.3 Å². The monoisotopic (exact) mass is 457 g/mol. The van der Waals surface area contributed by atoms with Crippen molar-refractivity contribution in [1.29, 1.82) is 0 Å². The molecule has 0 heterocycles. The van der Waals surface area contributed by atoms with Gasteiger partial charge in [-0.25, -0.2) is 5.43 Å². The molecule has 0 radical (unpaired) electrons.